The zero-order chi connectivity index (χ0) is 11.8. The summed E-state index contributed by atoms with van der Waals surface area (Å²) < 4.78 is 5.24. The maximum Gasteiger partial charge on any atom is 0.415 e. The molecule has 0 saturated carbocycles. The number of nitrogens with two attached hydrogens (primary N) is 1. The van der Waals surface area contributed by atoms with Crippen molar-refractivity contribution in [1.82, 2.24) is 0 Å². The van der Waals surface area contributed by atoms with Crippen molar-refractivity contribution in [2.75, 3.05) is 11.4 Å². The van der Waals surface area contributed by atoms with Gasteiger partial charge in [-0.1, -0.05) is 12.1 Å². The Hall–Kier alpha value is -1.55. The van der Waals surface area contributed by atoms with Crippen molar-refractivity contribution in [2.24, 2.45) is 5.73 Å². The monoisotopic (exact) mass is 220 g/mol. The minimum absolute atomic E-state index is 0.292. The fourth-order valence-electron chi connectivity index (χ4n) is 1.82. The number of hydrogen-bond acceptors (Lipinski definition) is 3. The second-order valence-electron chi connectivity index (χ2n) is 4.59. The van der Waals surface area contributed by atoms with Crippen LogP contribution in [-0.2, 0) is 11.3 Å². The second-order valence-corrected chi connectivity index (χ2v) is 4.59. The number of benzene rings is 1. The van der Waals surface area contributed by atoms with Crippen molar-refractivity contribution in [2.45, 2.75) is 26.0 Å². The minimum Gasteiger partial charge on any atom is -0.441 e. The van der Waals surface area contributed by atoms with E-state index in [-0.39, 0.29) is 6.09 Å². The van der Waals surface area contributed by atoms with Gasteiger partial charge in [-0.25, -0.2) is 4.79 Å². The van der Waals surface area contributed by atoms with Gasteiger partial charge in [0.2, 0.25) is 0 Å². The van der Waals surface area contributed by atoms with Gasteiger partial charge < -0.3 is 10.5 Å². The van der Waals surface area contributed by atoms with Gasteiger partial charge in [-0.2, -0.15) is 0 Å². The van der Waals surface area contributed by atoms with Gasteiger partial charge in [-0.05, 0) is 31.5 Å². The average Bonchev–Trinajstić information content (AvgIpc) is 2.52. The number of hydrogen-bond donors (Lipinski definition) is 1. The van der Waals surface area contributed by atoms with E-state index in [9.17, 15) is 4.79 Å². The Morgan fingerprint density at radius 3 is 2.81 bits per heavy atom. The van der Waals surface area contributed by atoms with Gasteiger partial charge in [0.05, 0.1) is 6.54 Å². The van der Waals surface area contributed by atoms with Gasteiger partial charge in [-0.3, -0.25) is 4.90 Å². The summed E-state index contributed by atoms with van der Waals surface area (Å²) in [7, 11) is 0. The van der Waals surface area contributed by atoms with E-state index in [4.69, 9.17) is 10.5 Å². The molecule has 0 atom stereocenters. The number of nitrogens with zero attached hydrogens (tertiary/aromatic N) is 1. The van der Waals surface area contributed by atoms with E-state index in [2.05, 4.69) is 0 Å². The molecule has 0 unspecified atom stereocenters. The molecular formula is C12H16N2O2. The first kappa shape index (κ1) is 11.0. The number of carbonyl (C=O) groups is 1. The molecule has 1 aliphatic rings. The largest absolute Gasteiger partial charge is 0.441 e. The molecule has 1 saturated heterocycles. The summed E-state index contributed by atoms with van der Waals surface area (Å²) in [5.41, 5.74) is 7.00. The van der Waals surface area contributed by atoms with Gasteiger partial charge in [0.15, 0.2) is 0 Å². The van der Waals surface area contributed by atoms with E-state index in [1.165, 1.54) is 0 Å². The van der Waals surface area contributed by atoms with Crippen LogP contribution in [0.4, 0.5) is 10.5 Å². The average molecular weight is 220 g/mol. The Morgan fingerprint density at radius 1 is 1.50 bits per heavy atom. The molecule has 0 bridgehead atoms. The maximum absolute atomic E-state index is 11.7. The zero-order valence-corrected chi connectivity index (χ0v) is 9.56. The van der Waals surface area contributed by atoms with Crippen LogP contribution in [0.2, 0.25) is 0 Å². The van der Waals surface area contributed by atoms with Crippen LogP contribution in [0.15, 0.2) is 24.3 Å². The van der Waals surface area contributed by atoms with Crippen LogP contribution in [0.3, 0.4) is 0 Å². The first-order valence-electron chi connectivity index (χ1n) is 5.31. The van der Waals surface area contributed by atoms with Crippen LogP contribution < -0.4 is 10.6 Å². The lowest BCUT2D eigenvalue weighted by atomic mass is 10.1. The predicted molar refractivity (Wildman–Crippen MR) is 62.2 cm³/mol. The summed E-state index contributed by atoms with van der Waals surface area (Å²) in [6, 6.07) is 7.65. The molecule has 2 N–H and O–H groups in total. The maximum atomic E-state index is 11.7. The molecule has 2 rings (SSSR count). The molecule has 1 amide bonds. The molecule has 1 aliphatic heterocycles. The molecule has 86 valence electrons. The van der Waals surface area contributed by atoms with Gasteiger partial charge in [0, 0.05) is 12.2 Å². The minimum atomic E-state index is -0.421. The SMILES string of the molecule is CC1(C)CN(c2cccc(CN)c2)C(=O)O1. The summed E-state index contributed by atoms with van der Waals surface area (Å²) >= 11 is 0. The first-order valence-corrected chi connectivity index (χ1v) is 5.31. The second kappa shape index (κ2) is 3.79. The van der Waals surface area contributed by atoms with E-state index >= 15 is 0 Å². The molecular weight excluding hydrogens is 204 g/mol. The van der Waals surface area contributed by atoms with Gasteiger partial charge in [-0.15, -0.1) is 0 Å². The van der Waals surface area contributed by atoms with Crippen LogP contribution in [0.5, 0.6) is 0 Å². The van der Waals surface area contributed by atoms with Crippen molar-refractivity contribution in [3.8, 4) is 0 Å². The van der Waals surface area contributed by atoms with E-state index < -0.39 is 5.60 Å². The lowest BCUT2D eigenvalue weighted by molar-refractivity contribution is 0.0871. The lowest BCUT2D eigenvalue weighted by Gasteiger charge is -2.16. The highest BCUT2D eigenvalue weighted by Gasteiger charge is 2.38. The van der Waals surface area contributed by atoms with Crippen LogP contribution >= 0.6 is 0 Å². The van der Waals surface area contributed by atoms with Gasteiger partial charge in [0.25, 0.3) is 0 Å². The predicted octanol–water partition coefficient (Wildman–Crippen LogP) is 1.88. The molecule has 1 heterocycles. The third kappa shape index (κ3) is 2.02. The Labute approximate surface area is 95.0 Å². The van der Waals surface area contributed by atoms with Gasteiger partial charge in [0.1, 0.15) is 5.60 Å². The van der Waals surface area contributed by atoms with Crippen LogP contribution in [0.1, 0.15) is 19.4 Å². The van der Waals surface area contributed by atoms with E-state index in [1.54, 1.807) is 4.90 Å². The molecule has 4 nitrogen and oxygen atoms in total. The van der Waals surface area contributed by atoms with E-state index in [1.807, 2.05) is 38.1 Å². The topological polar surface area (TPSA) is 55.6 Å². The number of amides is 1. The summed E-state index contributed by atoms with van der Waals surface area (Å²) in [5.74, 6) is 0. The molecule has 0 aromatic heterocycles. The molecule has 1 aromatic carbocycles. The fraction of sp³-hybridized carbons (Fsp3) is 0.417. The number of rotatable bonds is 2. The third-order valence-corrected chi connectivity index (χ3v) is 2.58. The van der Waals surface area contributed by atoms with Crippen LogP contribution in [0, 0.1) is 0 Å². The van der Waals surface area contributed by atoms with Crippen molar-refractivity contribution in [3.63, 3.8) is 0 Å². The first-order chi connectivity index (χ1) is 7.52. The lowest BCUT2D eigenvalue weighted by Crippen LogP contribution is -2.28. The molecule has 0 spiro atoms. The summed E-state index contributed by atoms with van der Waals surface area (Å²) in [6.45, 7) is 4.84. The highest BCUT2D eigenvalue weighted by Crippen LogP contribution is 2.27. The highest BCUT2D eigenvalue weighted by molar-refractivity contribution is 5.90. The standard InChI is InChI=1S/C12H16N2O2/c1-12(2)8-14(11(15)16-12)10-5-3-4-9(6-10)7-13/h3-6H,7-8,13H2,1-2H3. The van der Waals surface area contributed by atoms with E-state index in [0.29, 0.717) is 13.1 Å². The Balaban J connectivity index is 2.27. The summed E-state index contributed by atoms with van der Waals surface area (Å²) in [4.78, 5) is 13.3. The number of ether oxygens (including phenoxy) is 1. The molecule has 16 heavy (non-hydrogen) atoms. The van der Waals surface area contributed by atoms with Gasteiger partial charge >= 0.3 is 6.09 Å². The third-order valence-electron chi connectivity index (χ3n) is 2.58. The molecule has 4 heteroatoms. The number of anilines is 1. The van der Waals surface area contributed by atoms with Crippen LogP contribution in [0.25, 0.3) is 0 Å². The fourth-order valence-corrected chi connectivity index (χ4v) is 1.82. The highest BCUT2D eigenvalue weighted by atomic mass is 16.6. The zero-order valence-electron chi connectivity index (χ0n) is 9.56. The van der Waals surface area contributed by atoms with E-state index in [0.717, 1.165) is 11.3 Å². The van der Waals surface area contributed by atoms with Crippen molar-refractivity contribution in [3.05, 3.63) is 29.8 Å². The Morgan fingerprint density at radius 2 is 2.25 bits per heavy atom. The molecule has 0 aliphatic carbocycles. The molecule has 1 fully saturated rings. The van der Waals surface area contributed by atoms with Crippen molar-refractivity contribution >= 4 is 11.8 Å². The normalized spacial score (nSPS) is 18.7. The number of carbonyl (C=O) groups excluding carboxylic acids is 1. The number of cyclic esters (lactones) is 1. The Bertz CT molecular complexity index is 415. The summed E-state index contributed by atoms with van der Waals surface area (Å²) in [5, 5.41) is 0. The van der Waals surface area contributed by atoms with Crippen LogP contribution in [-0.4, -0.2) is 18.2 Å². The smallest absolute Gasteiger partial charge is 0.415 e. The Kier molecular flexibility index (Phi) is 2.59. The molecule has 0 radical (unpaired) electrons. The van der Waals surface area contributed by atoms with Crippen molar-refractivity contribution < 1.29 is 9.53 Å². The van der Waals surface area contributed by atoms with Crippen molar-refractivity contribution in [1.29, 1.82) is 0 Å². The quantitative estimate of drug-likeness (QED) is 0.828. The summed E-state index contributed by atoms with van der Waals surface area (Å²) in [6.07, 6.45) is -0.292. The molecule has 1 aromatic rings.